The molecule has 0 unspecified atom stereocenters. The van der Waals surface area contributed by atoms with E-state index in [-0.39, 0.29) is 23.6 Å². The number of aromatic nitrogens is 1. The quantitative estimate of drug-likeness (QED) is 0.835. The summed E-state index contributed by atoms with van der Waals surface area (Å²) in [6, 6.07) is 1.38. The molecule has 0 saturated carbocycles. The number of aryl methyl sites for hydroxylation is 1. The molecule has 6 heteroatoms. The number of aliphatic carboxylic acids is 1. The third kappa shape index (κ3) is 2.88. The summed E-state index contributed by atoms with van der Waals surface area (Å²) < 4.78 is 25.1. The zero-order valence-electron chi connectivity index (χ0n) is 8.51. The van der Waals surface area contributed by atoms with Crippen molar-refractivity contribution in [2.45, 2.75) is 25.7 Å². The van der Waals surface area contributed by atoms with E-state index in [1.165, 1.54) is 13.0 Å². The normalized spacial score (nSPS) is 10.8. The molecule has 1 heterocycles. The fourth-order valence-corrected chi connectivity index (χ4v) is 1.56. The highest BCUT2D eigenvalue weighted by Crippen LogP contribution is 2.24. The van der Waals surface area contributed by atoms with Crippen molar-refractivity contribution in [2.75, 3.05) is 0 Å². The number of rotatable bonds is 4. The Morgan fingerprint density at radius 3 is 2.62 bits per heavy atom. The van der Waals surface area contributed by atoms with Crippen LogP contribution in [0.4, 0.5) is 8.78 Å². The Labute approximate surface area is 96.1 Å². The van der Waals surface area contributed by atoms with Gasteiger partial charge in [-0.25, -0.2) is 8.78 Å². The van der Waals surface area contributed by atoms with E-state index in [1.54, 1.807) is 0 Å². The minimum atomic E-state index is -2.70. The molecule has 0 aliphatic carbocycles. The highest BCUT2D eigenvalue weighted by Gasteiger charge is 2.17. The fraction of sp³-hybridized carbons (Fsp3) is 0.400. The Morgan fingerprint density at radius 1 is 1.56 bits per heavy atom. The molecule has 1 N–H and O–H groups in total. The molecule has 1 aromatic heterocycles. The van der Waals surface area contributed by atoms with E-state index in [4.69, 9.17) is 16.7 Å². The smallest absolute Gasteiger partial charge is 0.307 e. The average Bonchev–Trinajstić information content (AvgIpc) is 2.19. The lowest BCUT2D eigenvalue weighted by Crippen LogP contribution is -2.07. The minimum absolute atomic E-state index is 0.112. The Kier molecular flexibility index (Phi) is 4.18. The summed E-state index contributed by atoms with van der Waals surface area (Å²) in [5.74, 6) is -1.14. The van der Waals surface area contributed by atoms with E-state index < -0.39 is 12.4 Å². The van der Waals surface area contributed by atoms with Gasteiger partial charge in [0.2, 0.25) is 0 Å². The van der Waals surface area contributed by atoms with Gasteiger partial charge in [-0.3, -0.25) is 9.78 Å². The molecule has 0 aliphatic heterocycles. The van der Waals surface area contributed by atoms with Crippen LogP contribution in [-0.4, -0.2) is 16.1 Å². The molecule has 0 radical (unpaired) electrons. The molecule has 3 nitrogen and oxygen atoms in total. The van der Waals surface area contributed by atoms with E-state index in [0.29, 0.717) is 11.3 Å². The lowest BCUT2D eigenvalue weighted by atomic mass is 10.1. The van der Waals surface area contributed by atoms with Crippen LogP contribution in [0, 0.1) is 6.92 Å². The van der Waals surface area contributed by atoms with Crippen molar-refractivity contribution in [1.29, 1.82) is 0 Å². The molecule has 0 bridgehead atoms. The SMILES string of the molecule is Cc1nc(C(F)F)c(CCl)cc1CC(=O)O. The van der Waals surface area contributed by atoms with Crippen molar-refractivity contribution in [3.8, 4) is 0 Å². The maximum atomic E-state index is 12.6. The van der Waals surface area contributed by atoms with E-state index in [9.17, 15) is 13.6 Å². The van der Waals surface area contributed by atoms with E-state index in [0.717, 1.165) is 0 Å². The first-order chi connectivity index (χ1) is 7.45. The van der Waals surface area contributed by atoms with Crippen molar-refractivity contribution in [3.63, 3.8) is 0 Å². The summed E-state index contributed by atoms with van der Waals surface area (Å²) in [4.78, 5) is 14.2. The fourth-order valence-electron chi connectivity index (χ4n) is 1.35. The van der Waals surface area contributed by atoms with Gasteiger partial charge in [-0.2, -0.15) is 0 Å². The average molecular weight is 250 g/mol. The van der Waals surface area contributed by atoms with Gasteiger partial charge in [-0.1, -0.05) is 6.07 Å². The topological polar surface area (TPSA) is 50.2 Å². The number of hydrogen-bond acceptors (Lipinski definition) is 2. The predicted octanol–water partition coefficient (Wildman–Crippen LogP) is 2.69. The zero-order chi connectivity index (χ0) is 12.3. The molecule has 0 atom stereocenters. The van der Waals surface area contributed by atoms with E-state index >= 15 is 0 Å². The first-order valence-electron chi connectivity index (χ1n) is 4.51. The van der Waals surface area contributed by atoms with Crippen molar-refractivity contribution in [1.82, 2.24) is 4.98 Å². The molecule has 0 aliphatic rings. The van der Waals surface area contributed by atoms with Gasteiger partial charge in [0.15, 0.2) is 0 Å². The predicted molar refractivity (Wildman–Crippen MR) is 54.8 cm³/mol. The number of alkyl halides is 3. The molecule has 0 saturated heterocycles. The standard InChI is InChI=1S/C10H10ClF2NO2/c1-5-6(3-8(15)16)2-7(4-11)9(14-5)10(12)13/h2,10H,3-4H2,1H3,(H,15,16). The van der Waals surface area contributed by atoms with Crippen LogP contribution < -0.4 is 0 Å². The van der Waals surface area contributed by atoms with Crippen LogP contribution in [-0.2, 0) is 17.1 Å². The monoisotopic (exact) mass is 249 g/mol. The van der Waals surface area contributed by atoms with Crippen molar-refractivity contribution >= 4 is 17.6 Å². The molecular weight excluding hydrogens is 240 g/mol. The number of carboxylic acids is 1. The number of pyridine rings is 1. The summed E-state index contributed by atoms with van der Waals surface area (Å²) in [6.07, 6.45) is -2.95. The van der Waals surface area contributed by atoms with Crippen molar-refractivity contribution in [2.24, 2.45) is 0 Å². The second-order valence-corrected chi connectivity index (χ2v) is 3.55. The number of hydrogen-bond donors (Lipinski definition) is 1. The van der Waals surface area contributed by atoms with Crippen LogP contribution in [0.5, 0.6) is 0 Å². The van der Waals surface area contributed by atoms with Gasteiger partial charge >= 0.3 is 5.97 Å². The van der Waals surface area contributed by atoms with E-state index in [2.05, 4.69) is 4.98 Å². The van der Waals surface area contributed by atoms with Crippen molar-refractivity contribution in [3.05, 3.63) is 28.6 Å². The Morgan fingerprint density at radius 2 is 2.19 bits per heavy atom. The minimum Gasteiger partial charge on any atom is -0.481 e. The van der Waals surface area contributed by atoms with Gasteiger partial charge in [-0.05, 0) is 18.1 Å². The highest BCUT2D eigenvalue weighted by atomic mass is 35.5. The maximum Gasteiger partial charge on any atom is 0.307 e. The molecule has 0 aromatic carbocycles. The van der Waals surface area contributed by atoms with Crippen LogP contribution in [0.25, 0.3) is 0 Å². The number of nitrogens with zero attached hydrogens (tertiary/aromatic N) is 1. The molecular formula is C10H10ClF2NO2. The Bertz CT molecular complexity index is 410. The van der Waals surface area contributed by atoms with Crippen molar-refractivity contribution < 1.29 is 18.7 Å². The first kappa shape index (κ1) is 12.8. The summed E-state index contributed by atoms with van der Waals surface area (Å²) in [7, 11) is 0. The molecule has 0 fully saturated rings. The molecule has 16 heavy (non-hydrogen) atoms. The molecule has 0 amide bonds. The Balaban J connectivity index is 3.20. The third-order valence-electron chi connectivity index (χ3n) is 2.12. The maximum absolute atomic E-state index is 12.6. The first-order valence-corrected chi connectivity index (χ1v) is 5.04. The van der Waals surface area contributed by atoms with Gasteiger partial charge in [0.1, 0.15) is 5.69 Å². The van der Waals surface area contributed by atoms with Crippen LogP contribution in [0.15, 0.2) is 6.07 Å². The number of halogens is 3. The number of carbonyl (C=O) groups is 1. The highest BCUT2D eigenvalue weighted by molar-refractivity contribution is 6.17. The molecule has 1 aromatic rings. The van der Waals surface area contributed by atoms with Gasteiger partial charge < -0.3 is 5.11 Å². The molecule has 1 rings (SSSR count). The lowest BCUT2D eigenvalue weighted by molar-refractivity contribution is -0.136. The van der Waals surface area contributed by atoms with Crippen LogP contribution in [0.3, 0.4) is 0 Å². The zero-order valence-corrected chi connectivity index (χ0v) is 9.26. The summed E-state index contributed by atoms with van der Waals surface area (Å²) in [5.41, 5.74) is 0.513. The third-order valence-corrected chi connectivity index (χ3v) is 2.41. The second kappa shape index (κ2) is 5.21. The van der Waals surface area contributed by atoms with Gasteiger partial charge in [0.05, 0.1) is 6.42 Å². The summed E-state index contributed by atoms with van der Waals surface area (Å²) in [6.45, 7) is 1.50. The lowest BCUT2D eigenvalue weighted by Gasteiger charge is -2.10. The largest absolute Gasteiger partial charge is 0.481 e. The van der Waals surface area contributed by atoms with Gasteiger partial charge in [-0.15, -0.1) is 11.6 Å². The van der Waals surface area contributed by atoms with Crippen LogP contribution in [0.2, 0.25) is 0 Å². The molecule has 88 valence electrons. The summed E-state index contributed by atoms with van der Waals surface area (Å²) >= 11 is 5.52. The van der Waals surface area contributed by atoms with Gasteiger partial charge in [0, 0.05) is 11.6 Å². The second-order valence-electron chi connectivity index (χ2n) is 3.28. The molecule has 0 spiro atoms. The van der Waals surface area contributed by atoms with Gasteiger partial charge in [0.25, 0.3) is 6.43 Å². The van der Waals surface area contributed by atoms with Crippen LogP contribution in [0.1, 0.15) is 28.9 Å². The van der Waals surface area contributed by atoms with Crippen LogP contribution >= 0.6 is 11.6 Å². The Hall–Kier alpha value is -1.23. The number of carboxylic acid groups (broad SMARTS) is 1. The summed E-state index contributed by atoms with van der Waals surface area (Å²) in [5, 5.41) is 8.62. The van der Waals surface area contributed by atoms with E-state index in [1.807, 2.05) is 0 Å².